The second kappa shape index (κ2) is 6.47. The Balaban J connectivity index is 2.45. The Labute approximate surface area is 122 Å². The lowest BCUT2D eigenvalue weighted by Gasteiger charge is -2.21. The molecule has 0 aliphatic heterocycles. The van der Waals surface area contributed by atoms with Crippen molar-refractivity contribution in [3.8, 4) is 0 Å². The fourth-order valence-corrected chi connectivity index (χ4v) is 2.19. The number of benzene rings is 1. The van der Waals surface area contributed by atoms with Crippen LogP contribution in [0.3, 0.4) is 0 Å². The molecule has 0 atom stereocenters. The molecule has 0 aliphatic rings. The van der Waals surface area contributed by atoms with Gasteiger partial charge in [-0.3, -0.25) is 4.79 Å². The highest BCUT2D eigenvalue weighted by molar-refractivity contribution is 5.95. The minimum absolute atomic E-state index is 0.0462. The minimum atomic E-state index is -0.985. The van der Waals surface area contributed by atoms with Gasteiger partial charge in [-0.15, -0.1) is 0 Å². The van der Waals surface area contributed by atoms with E-state index in [0.29, 0.717) is 13.1 Å². The van der Waals surface area contributed by atoms with Gasteiger partial charge >= 0.3 is 0 Å². The van der Waals surface area contributed by atoms with Gasteiger partial charge in [-0.25, -0.2) is 13.8 Å². The van der Waals surface area contributed by atoms with Crippen LogP contribution in [0.25, 0.3) is 0 Å². The average Bonchev–Trinajstić information content (AvgIpc) is 2.98. The molecule has 0 saturated heterocycles. The van der Waals surface area contributed by atoms with Gasteiger partial charge < -0.3 is 9.47 Å². The molecule has 21 heavy (non-hydrogen) atoms. The lowest BCUT2D eigenvalue weighted by molar-refractivity contribution is 0.0771. The van der Waals surface area contributed by atoms with Crippen LogP contribution in [-0.2, 0) is 6.54 Å². The molecule has 6 heteroatoms. The summed E-state index contributed by atoms with van der Waals surface area (Å²) in [6.07, 6.45) is 4.68. The number of carbonyl (C=O) groups excluding carboxylic acids is 1. The summed E-state index contributed by atoms with van der Waals surface area (Å²) >= 11 is 0. The molecule has 2 aromatic rings. The minimum Gasteiger partial charge on any atom is -0.339 e. The third-order valence-electron chi connectivity index (χ3n) is 3.38. The molecule has 0 N–H and O–H groups in total. The van der Waals surface area contributed by atoms with Crippen LogP contribution in [0.1, 0.15) is 29.8 Å². The van der Waals surface area contributed by atoms with Crippen LogP contribution in [0, 0.1) is 11.6 Å². The first-order chi connectivity index (χ1) is 10.1. The lowest BCUT2D eigenvalue weighted by atomic mass is 10.0. The number of amides is 1. The zero-order valence-corrected chi connectivity index (χ0v) is 12.0. The van der Waals surface area contributed by atoms with E-state index in [4.69, 9.17) is 0 Å². The third-order valence-corrected chi connectivity index (χ3v) is 3.38. The van der Waals surface area contributed by atoms with E-state index in [-0.39, 0.29) is 23.6 Å². The first-order valence-electron chi connectivity index (χ1n) is 6.80. The first-order valence-corrected chi connectivity index (χ1v) is 6.80. The van der Waals surface area contributed by atoms with Crippen LogP contribution in [0.4, 0.5) is 8.78 Å². The number of rotatable bonds is 5. The summed E-state index contributed by atoms with van der Waals surface area (Å²) < 4.78 is 29.2. The molecule has 1 amide bonds. The van der Waals surface area contributed by atoms with E-state index >= 15 is 0 Å². The molecule has 4 nitrogen and oxygen atoms in total. The van der Waals surface area contributed by atoms with Crippen LogP contribution in [0.2, 0.25) is 0 Å². The van der Waals surface area contributed by atoms with Gasteiger partial charge in [0.15, 0.2) is 11.6 Å². The van der Waals surface area contributed by atoms with Crippen molar-refractivity contribution in [3.63, 3.8) is 0 Å². The van der Waals surface area contributed by atoms with Gasteiger partial charge in [-0.2, -0.15) is 0 Å². The van der Waals surface area contributed by atoms with Crippen LogP contribution in [-0.4, -0.2) is 33.4 Å². The van der Waals surface area contributed by atoms with Gasteiger partial charge in [0.05, 0.1) is 12.9 Å². The van der Waals surface area contributed by atoms with Crippen molar-refractivity contribution >= 4 is 5.91 Å². The van der Waals surface area contributed by atoms with Crippen LogP contribution >= 0.6 is 0 Å². The number of aromatic nitrogens is 2. The van der Waals surface area contributed by atoms with Crippen molar-refractivity contribution in [1.82, 2.24) is 14.5 Å². The average molecular weight is 293 g/mol. The summed E-state index contributed by atoms with van der Waals surface area (Å²) in [6, 6.07) is 2.33. The molecule has 0 unspecified atom stereocenters. The molecule has 2 rings (SSSR count). The Hall–Kier alpha value is -2.24. The summed E-state index contributed by atoms with van der Waals surface area (Å²) in [5.41, 5.74) is 0.233. The van der Waals surface area contributed by atoms with Crippen LogP contribution in [0.5, 0.6) is 0 Å². The van der Waals surface area contributed by atoms with Gasteiger partial charge in [0.2, 0.25) is 0 Å². The SMILES string of the molecule is CCN(CC)C(=O)c1ccc(F)c(F)c1Cn1ccnc1. The van der Waals surface area contributed by atoms with Gasteiger partial charge in [0, 0.05) is 36.6 Å². The monoisotopic (exact) mass is 293 g/mol. The highest BCUT2D eigenvalue weighted by atomic mass is 19.2. The Morgan fingerprint density at radius 1 is 1.29 bits per heavy atom. The Morgan fingerprint density at radius 2 is 2.00 bits per heavy atom. The maximum atomic E-state index is 14.1. The lowest BCUT2D eigenvalue weighted by Crippen LogP contribution is -2.31. The summed E-state index contributed by atoms with van der Waals surface area (Å²) in [5.74, 6) is -2.24. The maximum absolute atomic E-state index is 14.1. The third kappa shape index (κ3) is 3.09. The molecule has 112 valence electrons. The molecule has 0 radical (unpaired) electrons. The van der Waals surface area contributed by atoms with E-state index in [1.54, 1.807) is 21.9 Å². The molecule has 0 saturated carbocycles. The van der Waals surface area contributed by atoms with E-state index in [2.05, 4.69) is 4.98 Å². The van der Waals surface area contributed by atoms with Crippen molar-refractivity contribution in [2.45, 2.75) is 20.4 Å². The van der Waals surface area contributed by atoms with E-state index in [1.807, 2.05) is 13.8 Å². The van der Waals surface area contributed by atoms with Crippen molar-refractivity contribution < 1.29 is 13.6 Å². The topological polar surface area (TPSA) is 38.1 Å². The molecule has 0 bridgehead atoms. The number of hydrogen-bond acceptors (Lipinski definition) is 2. The molecule has 1 aromatic carbocycles. The number of halogens is 2. The molecule has 0 fully saturated rings. The largest absolute Gasteiger partial charge is 0.339 e. The molecule has 0 spiro atoms. The van der Waals surface area contributed by atoms with E-state index in [1.165, 1.54) is 12.4 Å². The Bertz CT molecular complexity index is 622. The number of imidazole rings is 1. The fourth-order valence-electron chi connectivity index (χ4n) is 2.19. The normalized spacial score (nSPS) is 10.7. The Morgan fingerprint density at radius 3 is 2.57 bits per heavy atom. The predicted octanol–water partition coefficient (Wildman–Crippen LogP) is 2.69. The molecule has 0 aliphatic carbocycles. The zero-order valence-electron chi connectivity index (χ0n) is 12.0. The van der Waals surface area contributed by atoms with Crippen molar-refractivity contribution in [1.29, 1.82) is 0 Å². The predicted molar refractivity (Wildman–Crippen MR) is 74.9 cm³/mol. The molecule has 1 aromatic heterocycles. The number of nitrogens with zero attached hydrogens (tertiary/aromatic N) is 3. The fraction of sp³-hybridized carbons (Fsp3) is 0.333. The van der Waals surface area contributed by atoms with E-state index < -0.39 is 11.6 Å². The number of hydrogen-bond donors (Lipinski definition) is 0. The summed E-state index contributed by atoms with van der Waals surface area (Å²) in [7, 11) is 0. The maximum Gasteiger partial charge on any atom is 0.254 e. The van der Waals surface area contributed by atoms with Gasteiger partial charge in [-0.1, -0.05) is 0 Å². The van der Waals surface area contributed by atoms with Crippen molar-refractivity contribution in [2.24, 2.45) is 0 Å². The van der Waals surface area contributed by atoms with E-state index in [9.17, 15) is 13.6 Å². The molecular weight excluding hydrogens is 276 g/mol. The van der Waals surface area contributed by atoms with Gasteiger partial charge in [0.1, 0.15) is 0 Å². The standard InChI is InChI=1S/C15H17F2N3O/c1-3-20(4-2)15(21)11-5-6-13(16)14(17)12(11)9-19-8-7-18-10-19/h5-8,10H,3-4,9H2,1-2H3. The first kappa shape index (κ1) is 15.2. The van der Waals surface area contributed by atoms with Crippen LogP contribution < -0.4 is 0 Å². The van der Waals surface area contributed by atoms with Crippen molar-refractivity contribution in [2.75, 3.05) is 13.1 Å². The highest BCUT2D eigenvalue weighted by Crippen LogP contribution is 2.20. The Kier molecular flexibility index (Phi) is 4.67. The molecule has 1 heterocycles. The summed E-state index contributed by atoms with van der Waals surface area (Å²) in [5, 5.41) is 0. The highest BCUT2D eigenvalue weighted by Gasteiger charge is 2.21. The second-order valence-corrected chi connectivity index (χ2v) is 4.60. The zero-order chi connectivity index (χ0) is 15.4. The van der Waals surface area contributed by atoms with Crippen LogP contribution in [0.15, 0.2) is 30.9 Å². The smallest absolute Gasteiger partial charge is 0.254 e. The second-order valence-electron chi connectivity index (χ2n) is 4.60. The number of carbonyl (C=O) groups is 1. The summed E-state index contributed by atoms with van der Waals surface area (Å²) in [6.45, 7) is 4.78. The molecular formula is C15H17F2N3O. The van der Waals surface area contributed by atoms with E-state index in [0.717, 1.165) is 6.07 Å². The quantitative estimate of drug-likeness (QED) is 0.850. The van der Waals surface area contributed by atoms with Gasteiger partial charge in [0.25, 0.3) is 5.91 Å². The van der Waals surface area contributed by atoms with Gasteiger partial charge in [-0.05, 0) is 26.0 Å². The van der Waals surface area contributed by atoms with Crippen molar-refractivity contribution in [3.05, 3.63) is 53.6 Å². The summed E-state index contributed by atoms with van der Waals surface area (Å²) in [4.78, 5) is 17.9.